The minimum absolute atomic E-state index is 0.0739. The number of halogens is 2. The molecular formula is C24H17F2N3O5. The second-order valence-corrected chi connectivity index (χ2v) is 7.01. The van der Waals surface area contributed by atoms with Crippen LogP contribution in [0.15, 0.2) is 65.7 Å². The first-order valence-corrected chi connectivity index (χ1v) is 10.1. The molecule has 8 nitrogen and oxygen atoms in total. The smallest absolute Gasteiger partial charge is 0.411 e. The fraction of sp³-hybridized carbons (Fsp3) is 0.0833. The highest BCUT2D eigenvalue weighted by Gasteiger charge is 2.17. The van der Waals surface area contributed by atoms with Crippen molar-refractivity contribution in [2.24, 2.45) is 0 Å². The lowest BCUT2D eigenvalue weighted by Gasteiger charge is -2.14. The number of amides is 1. The van der Waals surface area contributed by atoms with E-state index in [2.05, 4.69) is 15.3 Å². The number of H-pyrrole nitrogens is 1. The summed E-state index contributed by atoms with van der Waals surface area (Å²) in [5.74, 6) is -2.30. The normalized spacial score (nSPS) is 10.7. The molecular weight excluding hydrogens is 448 g/mol. The van der Waals surface area contributed by atoms with Crippen LogP contribution in [0.4, 0.5) is 19.3 Å². The Bertz CT molecular complexity index is 1450. The van der Waals surface area contributed by atoms with Crippen molar-refractivity contribution in [1.29, 1.82) is 0 Å². The summed E-state index contributed by atoms with van der Waals surface area (Å²) >= 11 is 0. The van der Waals surface area contributed by atoms with Crippen LogP contribution in [-0.4, -0.2) is 28.6 Å². The number of pyridine rings is 2. The highest BCUT2D eigenvalue weighted by Crippen LogP contribution is 2.32. The van der Waals surface area contributed by atoms with Crippen LogP contribution < -0.4 is 15.5 Å². The number of aromatic amines is 1. The van der Waals surface area contributed by atoms with Crippen LogP contribution in [0.3, 0.4) is 0 Å². The second kappa shape index (κ2) is 9.49. The average Bonchev–Trinajstić information content (AvgIpc) is 2.82. The largest absolute Gasteiger partial charge is 0.450 e. The molecule has 0 unspecified atom stereocenters. The molecule has 4 rings (SSSR count). The van der Waals surface area contributed by atoms with E-state index in [9.17, 15) is 23.2 Å². The highest BCUT2D eigenvalue weighted by molar-refractivity contribution is 5.94. The van der Waals surface area contributed by atoms with Crippen molar-refractivity contribution >= 4 is 28.7 Å². The number of ether oxygens (including phenoxy) is 2. The molecule has 2 aromatic heterocycles. The van der Waals surface area contributed by atoms with E-state index in [1.165, 1.54) is 36.7 Å². The van der Waals surface area contributed by atoms with E-state index in [-0.39, 0.29) is 40.4 Å². The first kappa shape index (κ1) is 22.6. The molecule has 4 aromatic rings. The number of hydrogen-bond acceptors (Lipinski definition) is 6. The van der Waals surface area contributed by atoms with Gasteiger partial charge in [-0.2, -0.15) is 0 Å². The molecule has 0 aliphatic rings. The molecule has 10 heteroatoms. The van der Waals surface area contributed by atoms with Crippen LogP contribution in [0.2, 0.25) is 0 Å². The molecule has 0 radical (unpaired) electrons. The van der Waals surface area contributed by atoms with Gasteiger partial charge in [-0.15, -0.1) is 0 Å². The molecule has 0 aliphatic carbocycles. The number of nitrogens with one attached hydrogen (secondary N) is 2. The maximum absolute atomic E-state index is 14.3. The minimum Gasteiger partial charge on any atom is -0.450 e. The van der Waals surface area contributed by atoms with Crippen LogP contribution in [0, 0.1) is 11.6 Å². The zero-order valence-electron chi connectivity index (χ0n) is 17.7. The molecule has 2 N–H and O–H groups in total. The van der Waals surface area contributed by atoms with Crippen LogP contribution in [-0.2, 0) is 4.74 Å². The van der Waals surface area contributed by atoms with Crippen molar-refractivity contribution in [3.63, 3.8) is 0 Å². The monoisotopic (exact) mass is 465 g/mol. The molecule has 0 aliphatic heterocycles. The zero-order chi connectivity index (χ0) is 24.2. The van der Waals surface area contributed by atoms with Gasteiger partial charge in [-0.05, 0) is 43.3 Å². The number of nitrogens with zero attached hydrogens (tertiary/aromatic N) is 1. The van der Waals surface area contributed by atoms with E-state index in [0.29, 0.717) is 0 Å². The topological polar surface area (TPSA) is 110 Å². The van der Waals surface area contributed by atoms with E-state index in [0.717, 1.165) is 18.2 Å². The van der Waals surface area contributed by atoms with Gasteiger partial charge in [0.2, 0.25) is 0 Å². The third-order valence-electron chi connectivity index (χ3n) is 4.79. The molecule has 34 heavy (non-hydrogen) atoms. The predicted molar refractivity (Wildman–Crippen MR) is 120 cm³/mol. The number of anilines is 1. The zero-order valence-corrected chi connectivity index (χ0v) is 17.7. The minimum atomic E-state index is -0.869. The molecule has 0 spiro atoms. The van der Waals surface area contributed by atoms with Crippen LogP contribution in [0.25, 0.3) is 22.2 Å². The first-order valence-electron chi connectivity index (χ1n) is 10.1. The number of esters is 1. The molecule has 0 fully saturated rings. The Labute approximate surface area is 191 Å². The van der Waals surface area contributed by atoms with Gasteiger partial charge in [-0.1, -0.05) is 0 Å². The summed E-state index contributed by atoms with van der Waals surface area (Å²) in [6.07, 6.45) is 2.04. The van der Waals surface area contributed by atoms with Crippen molar-refractivity contribution in [3.05, 3.63) is 88.3 Å². The summed E-state index contributed by atoms with van der Waals surface area (Å²) in [4.78, 5) is 43.6. The quantitative estimate of drug-likeness (QED) is 0.328. The molecule has 2 heterocycles. The standard InChI is InChI=1S/C24H17F2N3O5/c1-2-33-24(32)29-18-10-14(34-23(31)13-4-3-9-27-12-13)5-6-15(18)19-11-20(30)21-16(25)7-8-17(26)22(21)28-19/h3-12H,2H2,1H3,(H,28,30)(H,29,32). The van der Waals surface area contributed by atoms with E-state index in [1.807, 2.05) is 0 Å². The molecule has 1 amide bonds. The SMILES string of the molecule is CCOC(=O)Nc1cc(OC(=O)c2cccnc2)ccc1-c1cc(=O)c2c(F)ccc(F)c2[nH]1. The Hall–Kier alpha value is -4.60. The molecule has 2 aromatic carbocycles. The van der Waals surface area contributed by atoms with Crippen molar-refractivity contribution in [3.8, 4) is 17.0 Å². The lowest BCUT2D eigenvalue weighted by Crippen LogP contribution is -2.15. The third kappa shape index (κ3) is 4.60. The number of carbonyl (C=O) groups excluding carboxylic acids is 2. The molecule has 0 atom stereocenters. The number of hydrogen-bond donors (Lipinski definition) is 2. The van der Waals surface area contributed by atoms with Gasteiger partial charge in [0.15, 0.2) is 5.43 Å². The Kier molecular flexibility index (Phi) is 6.30. The van der Waals surface area contributed by atoms with E-state index in [4.69, 9.17) is 9.47 Å². The van der Waals surface area contributed by atoms with Crippen molar-refractivity contribution < 1.29 is 27.8 Å². The second-order valence-electron chi connectivity index (χ2n) is 7.01. The van der Waals surface area contributed by atoms with Gasteiger partial charge in [-0.25, -0.2) is 18.4 Å². The average molecular weight is 465 g/mol. The summed E-state index contributed by atoms with van der Waals surface area (Å²) in [6.45, 7) is 1.71. The van der Waals surface area contributed by atoms with Crippen LogP contribution in [0.5, 0.6) is 5.75 Å². The number of benzene rings is 2. The Balaban J connectivity index is 1.79. The summed E-state index contributed by atoms with van der Waals surface area (Å²) in [5.41, 5.74) is -0.424. The van der Waals surface area contributed by atoms with Gasteiger partial charge in [-0.3, -0.25) is 15.1 Å². The number of rotatable bonds is 5. The highest BCUT2D eigenvalue weighted by atomic mass is 19.1. The van der Waals surface area contributed by atoms with Gasteiger partial charge < -0.3 is 14.5 Å². The van der Waals surface area contributed by atoms with Crippen LogP contribution >= 0.6 is 0 Å². The van der Waals surface area contributed by atoms with Crippen molar-refractivity contribution in [2.45, 2.75) is 6.92 Å². The Morgan fingerprint density at radius 2 is 1.88 bits per heavy atom. The summed E-state index contributed by atoms with van der Waals surface area (Å²) in [7, 11) is 0. The summed E-state index contributed by atoms with van der Waals surface area (Å²) in [6, 6.07) is 10.2. The van der Waals surface area contributed by atoms with Gasteiger partial charge in [0.25, 0.3) is 0 Å². The maximum Gasteiger partial charge on any atom is 0.411 e. The predicted octanol–water partition coefficient (Wildman–Crippen LogP) is 4.66. The number of fused-ring (bicyclic) bond motifs is 1. The molecule has 172 valence electrons. The fourth-order valence-corrected chi connectivity index (χ4v) is 3.29. The van der Waals surface area contributed by atoms with Gasteiger partial charge in [0.05, 0.1) is 34.5 Å². The lowest BCUT2D eigenvalue weighted by molar-refractivity contribution is 0.0734. The van der Waals surface area contributed by atoms with E-state index < -0.39 is 34.5 Å². The molecule has 0 saturated heterocycles. The third-order valence-corrected chi connectivity index (χ3v) is 4.79. The Morgan fingerprint density at radius 3 is 2.62 bits per heavy atom. The fourth-order valence-electron chi connectivity index (χ4n) is 3.29. The summed E-state index contributed by atoms with van der Waals surface area (Å²) < 4.78 is 38.7. The molecule has 0 bridgehead atoms. The van der Waals surface area contributed by atoms with Gasteiger partial charge >= 0.3 is 12.1 Å². The van der Waals surface area contributed by atoms with Crippen molar-refractivity contribution in [1.82, 2.24) is 9.97 Å². The molecule has 0 saturated carbocycles. The summed E-state index contributed by atoms with van der Waals surface area (Å²) in [5, 5.41) is 2.08. The lowest BCUT2D eigenvalue weighted by atomic mass is 10.1. The van der Waals surface area contributed by atoms with Crippen LogP contribution in [0.1, 0.15) is 17.3 Å². The Morgan fingerprint density at radius 1 is 1.09 bits per heavy atom. The van der Waals surface area contributed by atoms with E-state index >= 15 is 0 Å². The van der Waals surface area contributed by atoms with Crippen molar-refractivity contribution in [2.75, 3.05) is 11.9 Å². The van der Waals surface area contributed by atoms with Gasteiger partial charge in [0.1, 0.15) is 17.4 Å². The van der Waals surface area contributed by atoms with E-state index in [1.54, 1.807) is 13.0 Å². The van der Waals surface area contributed by atoms with Gasteiger partial charge in [0, 0.05) is 30.1 Å². The number of aromatic nitrogens is 2. The maximum atomic E-state index is 14.3. The number of carbonyl (C=O) groups is 2. The first-order chi connectivity index (χ1) is 16.4.